The van der Waals surface area contributed by atoms with Gasteiger partial charge in [-0.25, -0.2) is 4.98 Å². The average Bonchev–Trinajstić information content (AvgIpc) is 2.09. The highest BCUT2D eigenvalue weighted by molar-refractivity contribution is 6.32. The van der Waals surface area contributed by atoms with Gasteiger partial charge in [-0.1, -0.05) is 11.6 Å². The molecule has 0 unspecified atom stereocenters. The third-order valence-electron chi connectivity index (χ3n) is 1.39. The van der Waals surface area contributed by atoms with Crippen molar-refractivity contribution in [2.45, 2.75) is 13.5 Å². The molecule has 1 N–H and O–H groups in total. The highest BCUT2D eigenvalue weighted by atomic mass is 35.5. The largest absolute Gasteiger partial charge is 0.477 e. The average molecular weight is 188 g/mol. The monoisotopic (exact) mass is 187 g/mol. The van der Waals surface area contributed by atoms with Crippen molar-refractivity contribution in [1.29, 1.82) is 0 Å². The molecule has 0 spiro atoms. The van der Waals surface area contributed by atoms with E-state index in [2.05, 4.69) is 4.98 Å². The highest BCUT2D eigenvalue weighted by Crippen LogP contribution is 2.25. The van der Waals surface area contributed by atoms with E-state index in [1.54, 1.807) is 12.3 Å². The smallest absolute Gasteiger partial charge is 0.232 e. The molecule has 0 radical (unpaired) electrons. The van der Waals surface area contributed by atoms with E-state index in [0.29, 0.717) is 23.1 Å². The van der Waals surface area contributed by atoms with Gasteiger partial charge in [0.15, 0.2) is 0 Å². The molecule has 66 valence electrons. The van der Waals surface area contributed by atoms with Crippen LogP contribution in [-0.2, 0) is 6.61 Å². The van der Waals surface area contributed by atoms with Crippen molar-refractivity contribution in [2.24, 2.45) is 0 Å². The Morgan fingerprint density at radius 2 is 2.42 bits per heavy atom. The lowest BCUT2D eigenvalue weighted by atomic mass is 10.3. The fourth-order valence-electron chi connectivity index (χ4n) is 0.822. The number of hydrogen-bond donors (Lipinski definition) is 1. The Morgan fingerprint density at radius 3 is 3.00 bits per heavy atom. The summed E-state index contributed by atoms with van der Waals surface area (Å²) >= 11 is 5.84. The summed E-state index contributed by atoms with van der Waals surface area (Å²) in [6.45, 7) is 2.27. The number of aliphatic hydroxyl groups excluding tert-OH is 1. The fourth-order valence-corrected chi connectivity index (χ4v) is 1.05. The molecule has 0 amide bonds. The molecule has 1 heterocycles. The standard InChI is InChI=1S/C8H10ClNO2/c1-2-12-8-7(9)6(5-11)3-4-10-8/h3-4,11H,2,5H2,1H3. The molecule has 0 aliphatic rings. The Labute approximate surface area is 76.0 Å². The summed E-state index contributed by atoms with van der Waals surface area (Å²) in [4.78, 5) is 3.91. The van der Waals surface area contributed by atoms with Crippen molar-refractivity contribution in [3.8, 4) is 5.88 Å². The zero-order valence-corrected chi connectivity index (χ0v) is 7.51. The second-order valence-electron chi connectivity index (χ2n) is 2.18. The molecule has 0 atom stereocenters. The predicted molar refractivity (Wildman–Crippen MR) is 46.3 cm³/mol. The number of halogens is 1. The summed E-state index contributed by atoms with van der Waals surface area (Å²) in [5.41, 5.74) is 0.634. The zero-order chi connectivity index (χ0) is 8.97. The third kappa shape index (κ3) is 1.87. The number of nitrogens with zero attached hydrogens (tertiary/aromatic N) is 1. The van der Waals surface area contributed by atoms with E-state index in [0.717, 1.165) is 0 Å². The minimum absolute atomic E-state index is 0.0958. The van der Waals surface area contributed by atoms with Crippen LogP contribution < -0.4 is 4.74 Å². The Balaban J connectivity index is 2.97. The van der Waals surface area contributed by atoms with Gasteiger partial charge in [0.05, 0.1) is 13.2 Å². The van der Waals surface area contributed by atoms with Gasteiger partial charge < -0.3 is 9.84 Å². The molecule has 4 heteroatoms. The molecule has 0 aliphatic carbocycles. The van der Waals surface area contributed by atoms with E-state index in [1.807, 2.05) is 6.92 Å². The fraction of sp³-hybridized carbons (Fsp3) is 0.375. The summed E-state index contributed by atoms with van der Waals surface area (Å²) in [6, 6.07) is 1.66. The summed E-state index contributed by atoms with van der Waals surface area (Å²) in [7, 11) is 0. The Morgan fingerprint density at radius 1 is 1.67 bits per heavy atom. The predicted octanol–water partition coefficient (Wildman–Crippen LogP) is 1.63. The highest BCUT2D eigenvalue weighted by Gasteiger charge is 2.06. The van der Waals surface area contributed by atoms with E-state index in [1.165, 1.54) is 0 Å². The van der Waals surface area contributed by atoms with Crippen LogP contribution in [0.5, 0.6) is 5.88 Å². The van der Waals surface area contributed by atoms with Crippen LogP contribution in [0.4, 0.5) is 0 Å². The van der Waals surface area contributed by atoms with Gasteiger partial charge in [0.25, 0.3) is 0 Å². The summed E-state index contributed by atoms with van der Waals surface area (Å²) in [5, 5.41) is 9.23. The van der Waals surface area contributed by atoms with Gasteiger partial charge in [-0.3, -0.25) is 0 Å². The molecule has 0 bridgehead atoms. The van der Waals surface area contributed by atoms with Crippen molar-refractivity contribution >= 4 is 11.6 Å². The van der Waals surface area contributed by atoms with Gasteiger partial charge in [0.2, 0.25) is 5.88 Å². The number of rotatable bonds is 3. The van der Waals surface area contributed by atoms with Crippen LogP contribution >= 0.6 is 11.6 Å². The quantitative estimate of drug-likeness (QED) is 0.782. The van der Waals surface area contributed by atoms with Crippen LogP contribution in [0.25, 0.3) is 0 Å². The van der Waals surface area contributed by atoms with Crippen LogP contribution in [0.2, 0.25) is 5.02 Å². The summed E-state index contributed by atoms with van der Waals surface area (Å²) in [6.07, 6.45) is 1.56. The molecule has 1 rings (SSSR count). The Hall–Kier alpha value is -0.800. The summed E-state index contributed by atoms with van der Waals surface area (Å²) < 4.78 is 5.12. The lowest BCUT2D eigenvalue weighted by Crippen LogP contribution is -1.97. The maximum Gasteiger partial charge on any atom is 0.232 e. The number of ether oxygens (including phenoxy) is 1. The van der Waals surface area contributed by atoms with E-state index >= 15 is 0 Å². The zero-order valence-electron chi connectivity index (χ0n) is 6.75. The van der Waals surface area contributed by atoms with E-state index < -0.39 is 0 Å². The van der Waals surface area contributed by atoms with Gasteiger partial charge in [0, 0.05) is 11.8 Å². The molecule has 0 aromatic carbocycles. The second kappa shape index (κ2) is 4.28. The molecule has 0 aliphatic heterocycles. The first-order valence-electron chi connectivity index (χ1n) is 3.66. The molecule has 1 aromatic heterocycles. The van der Waals surface area contributed by atoms with Gasteiger partial charge in [0.1, 0.15) is 5.02 Å². The van der Waals surface area contributed by atoms with Gasteiger partial charge in [-0.15, -0.1) is 0 Å². The Kier molecular flexibility index (Phi) is 3.31. The van der Waals surface area contributed by atoms with Crippen molar-refractivity contribution in [3.63, 3.8) is 0 Å². The van der Waals surface area contributed by atoms with Gasteiger partial charge in [-0.2, -0.15) is 0 Å². The maximum absolute atomic E-state index is 8.84. The van der Waals surface area contributed by atoms with Crippen LogP contribution in [0.3, 0.4) is 0 Å². The van der Waals surface area contributed by atoms with Gasteiger partial charge in [-0.05, 0) is 13.0 Å². The van der Waals surface area contributed by atoms with E-state index in [4.69, 9.17) is 21.4 Å². The van der Waals surface area contributed by atoms with Crippen LogP contribution in [0.1, 0.15) is 12.5 Å². The maximum atomic E-state index is 8.84. The van der Waals surface area contributed by atoms with Crippen molar-refractivity contribution in [1.82, 2.24) is 4.98 Å². The number of aliphatic hydroxyl groups is 1. The first-order valence-corrected chi connectivity index (χ1v) is 4.04. The number of hydrogen-bond acceptors (Lipinski definition) is 3. The minimum Gasteiger partial charge on any atom is -0.477 e. The van der Waals surface area contributed by atoms with Crippen molar-refractivity contribution in [2.75, 3.05) is 6.61 Å². The van der Waals surface area contributed by atoms with Crippen molar-refractivity contribution in [3.05, 3.63) is 22.8 Å². The molecule has 12 heavy (non-hydrogen) atoms. The van der Waals surface area contributed by atoms with Crippen LogP contribution in [0.15, 0.2) is 12.3 Å². The topological polar surface area (TPSA) is 42.4 Å². The minimum atomic E-state index is -0.0958. The molecule has 3 nitrogen and oxygen atoms in total. The van der Waals surface area contributed by atoms with E-state index in [9.17, 15) is 0 Å². The number of aromatic nitrogens is 1. The summed E-state index contributed by atoms with van der Waals surface area (Å²) in [5.74, 6) is 0.380. The lowest BCUT2D eigenvalue weighted by Gasteiger charge is -2.05. The first-order chi connectivity index (χ1) is 5.79. The first kappa shape index (κ1) is 9.29. The van der Waals surface area contributed by atoms with Crippen molar-refractivity contribution < 1.29 is 9.84 Å². The second-order valence-corrected chi connectivity index (χ2v) is 2.56. The number of pyridine rings is 1. The molecule has 0 saturated carbocycles. The molecule has 0 fully saturated rings. The molecule has 1 aromatic rings. The molecular formula is C8H10ClNO2. The SMILES string of the molecule is CCOc1nccc(CO)c1Cl. The van der Waals surface area contributed by atoms with Gasteiger partial charge >= 0.3 is 0 Å². The van der Waals surface area contributed by atoms with Crippen LogP contribution in [-0.4, -0.2) is 16.7 Å². The normalized spacial score (nSPS) is 9.92. The molecule has 0 saturated heterocycles. The lowest BCUT2D eigenvalue weighted by molar-refractivity contribution is 0.279. The molecular weight excluding hydrogens is 178 g/mol. The Bertz CT molecular complexity index is 265. The third-order valence-corrected chi connectivity index (χ3v) is 1.79. The van der Waals surface area contributed by atoms with Crippen LogP contribution in [0, 0.1) is 0 Å². The van der Waals surface area contributed by atoms with E-state index in [-0.39, 0.29) is 6.61 Å².